The van der Waals surface area contributed by atoms with Crippen LogP contribution in [-0.4, -0.2) is 82.0 Å². The minimum absolute atomic E-state index is 0.0315. The Balaban J connectivity index is 1.16. The second-order valence-electron chi connectivity index (χ2n) is 14.5. The summed E-state index contributed by atoms with van der Waals surface area (Å²) in [6, 6.07) is 5.68. The number of ether oxygens (including phenoxy) is 1. The molecule has 0 radical (unpaired) electrons. The Hall–Kier alpha value is -3.23. The van der Waals surface area contributed by atoms with E-state index in [9.17, 15) is 14.4 Å². The Morgan fingerprint density at radius 3 is 2.62 bits per heavy atom. The van der Waals surface area contributed by atoms with Crippen molar-refractivity contribution in [3.8, 4) is 0 Å². The molecule has 2 amide bonds. The minimum atomic E-state index is -0.890. The van der Waals surface area contributed by atoms with E-state index in [1.807, 2.05) is 19.1 Å². The molecule has 3 fully saturated rings. The summed E-state index contributed by atoms with van der Waals surface area (Å²) in [7, 11) is 0. The fourth-order valence-corrected chi connectivity index (χ4v) is 8.83. The zero-order chi connectivity index (χ0) is 36.5. The molecule has 52 heavy (non-hydrogen) atoms. The number of likely N-dealkylation sites (tertiary alicyclic amines) is 1. The third kappa shape index (κ3) is 10.2. The minimum Gasteiger partial charge on any atom is -0.372 e. The fourth-order valence-electron chi connectivity index (χ4n) is 7.60. The molecule has 12 nitrogen and oxygen atoms in total. The van der Waals surface area contributed by atoms with Gasteiger partial charge in [-0.15, -0.1) is 11.3 Å². The molecule has 3 aliphatic rings. The van der Waals surface area contributed by atoms with Crippen molar-refractivity contribution in [3.63, 3.8) is 0 Å². The number of carbonyl (C=O) groups excluding carboxylic acids is 3. The SMILES string of the molecule is Cc1sc(C2CCNCC2)nc1CC(=O)N1C[C@H](OCc2ccc(Cl)cc2)C[C@H]1C(=O)N[C@@H](CCCCN)C(=O)c1noc(CC2CCCCC2)n1. The number of Topliss-reactive ketones (excluding diaryl/α,β-unsaturated/α-hetero) is 1. The summed E-state index contributed by atoms with van der Waals surface area (Å²) in [4.78, 5) is 54.0. The summed E-state index contributed by atoms with van der Waals surface area (Å²) in [6.07, 6.45) is 10.2. The van der Waals surface area contributed by atoms with E-state index in [0.29, 0.717) is 68.0 Å². The number of hydrogen-bond donors (Lipinski definition) is 3. The van der Waals surface area contributed by atoms with Gasteiger partial charge >= 0.3 is 0 Å². The van der Waals surface area contributed by atoms with Gasteiger partial charge in [-0.25, -0.2) is 4.98 Å². The molecule has 1 aliphatic carbocycles. The quantitative estimate of drug-likeness (QED) is 0.129. The van der Waals surface area contributed by atoms with Crippen LogP contribution in [0.25, 0.3) is 0 Å². The molecule has 2 saturated heterocycles. The van der Waals surface area contributed by atoms with E-state index in [2.05, 4.69) is 20.8 Å². The van der Waals surface area contributed by atoms with Crippen molar-refractivity contribution in [2.45, 2.75) is 121 Å². The van der Waals surface area contributed by atoms with Gasteiger partial charge in [0.15, 0.2) is 0 Å². The molecule has 2 aromatic heterocycles. The number of carbonyl (C=O) groups is 3. The van der Waals surface area contributed by atoms with E-state index in [1.54, 1.807) is 28.4 Å². The van der Waals surface area contributed by atoms with Crippen LogP contribution in [0, 0.1) is 12.8 Å². The number of aryl methyl sites for hydroxylation is 1. The number of rotatable bonds is 16. The zero-order valence-corrected chi connectivity index (χ0v) is 31.7. The molecule has 14 heteroatoms. The molecule has 4 N–H and O–H groups in total. The summed E-state index contributed by atoms with van der Waals surface area (Å²) >= 11 is 7.73. The number of aromatic nitrogens is 3. The molecule has 3 atom stereocenters. The van der Waals surface area contributed by atoms with Gasteiger partial charge in [0.25, 0.3) is 0 Å². The van der Waals surface area contributed by atoms with E-state index in [0.717, 1.165) is 59.9 Å². The van der Waals surface area contributed by atoms with Gasteiger partial charge in [-0.1, -0.05) is 48.2 Å². The normalized spacial score (nSPS) is 20.6. The van der Waals surface area contributed by atoms with Crippen LogP contribution in [0.2, 0.25) is 5.02 Å². The molecule has 1 aromatic carbocycles. The largest absolute Gasteiger partial charge is 0.372 e. The Morgan fingerprint density at radius 2 is 1.87 bits per heavy atom. The highest BCUT2D eigenvalue weighted by Crippen LogP contribution is 2.32. The number of unbranched alkanes of at least 4 members (excludes halogenated alkanes) is 1. The Bertz CT molecular complexity index is 1640. The highest BCUT2D eigenvalue weighted by atomic mass is 35.5. The summed E-state index contributed by atoms with van der Waals surface area (Å²) in [5.41, 5.74) is 7.46. The number of benzene rings is 1. The fraction of sp³-hybridized carbons (Fsp3) is 0.632. The highest BCUT2D eigenvalue weighted by molar-refractivity contribution is 7.11. The average Bonchev–Trinajstić information content (AvgIpc) is 3.90. The Kier molecular flexibility index (Phi) is 13.8. The van der Waals surface area contributed by atoms with Crippen LogP contribution in [0.3, 0.4) is 0 Å². The lowest BCUT2D eigenvalue weighted by atomic mass is 9.87. The number of nitrogens with two attached hydrogens (primary N) is 1. The van der Waals surface area contributed by atoms with Crippen molar-refractivity contribution in [1.29, 1.82) is 0 Å². The lowest BCUT2D eigenvalue weighted by Crippen LogP contribution is -2.51. The first-order valence-electron chi connectivity index (χ1n) is 19.0. The molecule has 2 aliphatic heterocycles. The van der Waals surface area contributed by atoms with Crippen LogP contribution in [0.4, 0.5) is 0 Å². The number of thiazole rings is 1. The summed E-state index contributed by atoms with van der Waals surface area (Å²) in [6.45, 7) is 4.95. The maximum absolute atomic E-state index is 14.2. The monoisotopic (exact) mass is 753 g/mol. The first-order chi connectivity index (χ1) is 25.3. The van der Waals surface area contributed by atoms with Crippen LogP contribution >= 0.6 is 22.9 Å². The molecule has 0 spiro atoms. The highest BCUT2D eigenvalue weighted by Gasteiger charge is 2.42. The van der Waals surface area contributed by atoms with Gasteiger partial charge < -0.3 is 30.5 Å². The zero-order valence-electron chi connectivity index (χ0n) is 30.1. The molecular formula is C38H52ClN7O5S. The first-order valence-corrected chi connectivity index (χ1v) is 20.2. The molecular weight excluding hydrogens is 702 g/mol. The van der Waals surface area contributed by atoms with Gasteiger partial charge in [0.2, 0.25) is 29.3 Å². The smallest absolute Gasteiger partial charge is 0.243 e. The summed E-state index contributed by atoms with van der Waals surface area (Å²) in [5.74, 6) is 0.280. The molecule has 282 valence electrons. The number of nitrogens with one attached hydrogen (secondary N) is 2. The first kappa shape index (κ1) is 38.5. The third-order valence-corrected chi connectivity index (χ3v) is 12.1. The maximum atomic E-state index is 14.2. The van der Waals surface area contributed by atoms with Gasteiger partial charge in [0.1, 0.15) is 6.04 Å². The standard InChI is InChI=1S/C38H52ClN7O5S/c1-24-31(43-38(52-24)27-14-17-41-18-15-27)21-34(47)46-22-29(50-23-26-10-12-28(39)13-11-26)20-32(46)37(49)42-30(9-5-6-16-40)35(48)36-44-33(51-45-36)19-25-7-3-2-4-8-25/h10-13,25,27,29-30,32,41H,2-9,14-23,40H2,1H3,(H,42,49)/t29-,30+,32+/m1/s1. The number of nitrogens with zero attached hydrogens (tertiary/aromatic N) is 4. The molecule has 1 saturated carbocycles. The van der Waals surface area contributed by atoms with Gasteiger partial charge in [0, 0.05) is 35.2 Å². The van der Waals surface area contributed by atoms with Crippen LogP contribution < -0.4 is 16.4 Å². The van der Waals surface area contributed by atoms with Crippen molar-refractivity contribution in [2.75, 3.05) is 26.2 Å². The third-order valence-electron chi connectivity index (χ3n) is 10.7. The molecule has 3 aromatic rings. The second kappa shape index (κ2) is 18.7. The van der Waals surface area contributed by atoms with Crippen molar-refractivity contribution < 1.29 is 23.6 Å². The van der Waals surface area contributed by atoms with E-state index >= 15 is 0 Å². The van der Waals surface area contributed by atoms with Crippen LogP contribution in [-0.2, 0) is 33.8 Å². The van der Waals surface area contributed by atoms with Crippen molar-refractivity contribution >= 4 is 40.5 Å². The average molecular weight is 754 g/mol. The second-order valence-corrected chi connectivity index (χ2v) is 16.2. The van der Waals surface area contributed by atoms with Crippen molar-refractivity contribution in [1.82, 2.24) is 30.7 Å². The van der Waals surface area contributed by atoms with Crippen LogP contribution in [0.1, 0.15) is 114 Å². The van der Waals surface area contributed by atoms with E-state index in [4.69, 9.17) is 31.6 Å². The summed E-state index contributed by atoms with van der Waals surface area (Å²) < 4.78 is 11.8. The lowest BCUT2D eigenvalue weighted by molar-refractivity contribution is -0.138. The molecule has 0 unspecified atom stereocenters. The van der Waals surface area contributed by atoms with Gasteiger partial charge in [-0.3, -0.25) is 14.4 Å². The van der Waals surface area contributed by atoms with E-state index < -0.39 is 23.8 Å². The Labute approximate surface area is 315 Å². The number of hydrogen-bond acceptors (Lipinski definition) is 11. The number of amides is 2. The van der Waals surface area contributed by atoms with Gasteiger partial charge in [-0.2, -0.15) is 4.98 Å². The van der Waals surface area contributed by atoms with Crippen molar-refractivity contribution in [3.05, 3.63) is 62.1 Å². The number of piperidine rings is 1. The van der Waals surface area contributed by atoms with Gasteiger partial charge in [0.05, 0.1) is 35.9 Å². The van der Waals surface area contributed by atoms with Crippen LogP contribution in [0.5, 0.6) is 0 Å². The van der Waals surface area contributed by atoms with E-state index in [-0.39, 0.29) is 30.8 Å². The number of ketones is 1. The van der Waals surface area contributed by atoms with Gasteiger partial charge in [-0.05, 0) is 95.1 Å². The molecule has 4 heterocycles. The van der Waals surface area contributed by atoms with E-state index in [1.165, 1.54) is 19.3 Å². The van der Waals surface area contributed by atoms with Crippen LogP contribution in [0.15, 0.2) is 28.8 Å². The topological polar surface area (TPSA) is 166 Å². The predicted octanol–water partition coefficient (Wildman–Crippen LogP) is 5.30. The predicted molar refractivity (Wildman–Crippen MR) is 199 cm³/mol. The number of halogens is 1. The summed E-state index contributed by atoms with van der Waals surface area (Å²) in [5, 5.41) is 12.1. The van der Waals surface area contributed by atoms with Crippen molar-refractivity contribution in [2.24, 2.45) is 11.7 Å². The Morgan fingerprint density at radius 1 is 1.10 bits per heavy atom. The molecule has 0 bridgehead atoms. The maximum Gasteiger partial charge on any atom is 0.243 e. The lowest BCUT2D eigenvalue weighted by Gasteiger charge is -2.25. The molecule has 6 rings (SSSR count).